The molecule has 0 saturated heterocycles. The number of carbonyl (C=O) groups is 3. The number of ether oxygens (including phenoxy) is 1. The standard InChI is InChI=1S/C13H22N2O5/c1-15(12(19)14-9-11(18)20-2)13(8-10(16)17)6-4-3-5-7-13/h3-9H2,1-2H3,(H,14,19)(H,16,17). The molecule has 1 aliphatic rings. The van der Waals surface area contributed by atoms with Gasteiger partial charge in [-0.2, -0.15) is 0 Å². The summed E-state index contributed by atoms with van der Waals surface area (Å²) in [5.41, 5.74) is -0.662. The summed E-state index contributed by atoms with van der Waals surface area (Å²) in [6.07, 6.45) is 4.13. The Labute approximate surface area is 118 Å². The van der Waals surface area contributed by atoms with Crippen molar-refractivity contribution in [2.75, 3.05) is 20.7 Å². The van der Waals surface area contributed by atoms with Gasteiger partial charge in [0.2, 0.25) is 0 Å². The molecule has 0 heterocycles. The number of rotatable bonds is 5. The minimum absolute atomic E-state index is 0.0743. The lowest BCUT2D eigenvalue weighted by molar-refractivity contribution is -0.141. The van der Waals surface area contributed by atoms with Crippen molar-refractivity contribution in [2.24, 2.45) is 0 Å². The Balaban J connectivity index is 2.71. The Morgan fingerprint density at radius 2 is 1.85 bits per heavy atom. The first-order valence-corrected chi connectivity index (χ1v) is 6.71. The molecule has 20 heavy (non-hydrogen) atoms. The first-order chi connectivity index (χ1) is 9.41. The van der Waals surface area contributed by atoms with Crippen LogP contribution < -0.4 is 5.32 Å². The maximum Gasteiger partial charge on any atom is 0.325 e. The summed E-state index contributed by atoms with van der Waals surface area (Å²) >= 11 is 0. The number of esters is 1. The zero-order chi connectivity index (χ0) is 15.2. The summed E-state index contributed by atoms with van der Waals surface area (Å²) in [5, 5.41) is 11.5. The molecule has 2 N–H and O–H groups in total. The second kappa shape index (κ2) is 7.12. The summed E-state index contributed by atoms with van der Waals surface area (Å²) < 4.78 is 4.45. The number of nitrogens with one attached hydrogen (secondary N) is 1. The molecule has 0 atom stereocenters. The van der Waals surface area contributed by atoms with Gasteiger partial charge >= 0.3 is 18.0 Å². The van der Waals surface area contributed by atoms with Crippen molar-refractivity contribution in [3.05, 3.63) is 0 Å². The van der Waals surface area contributed by atoms with Crippen molar-refractivity contribution < 1.29 is 24.2 Å². The highest BCUT2D eigenvalue weighted by Gasteiger charge is 2.40. The van der Waals surface area contributed by atoms with Crippen LogP contribution in [0.25, 0.3) is 0 Å². The van der Waals surface area contributed by atoms with Crippen molar-refractivity contribution >= 4 is 18.0 Å². The first-order valence-electron chi connectivity index (χ1n) is 6.71. The van der Waals surface area contributed by atoms with Crippen LogP contribution in [-0.4, -0.2) is 54.2 Å². The van der Waals surface area contributed by atoms with Gasteiger partial charge in [0, 0.05) is 7.05 Å². The van der Waals surface area contributed by atoms with Gasteiger partial charge in [-0.15, -0.1) is 0 Å². The van der Waals surface area contributed by atoms with Crippen molar-refractivity contribution in [2.45, 2.75) is 44.1 Å². The quantitative estimate of drug-likeness (QED) is 0.734. The fourth-order valence-electron chi connectivity index (χ4n) is 2.68. The van der Waals surface area contributed by atoms with Gasteiger partial charge in [-0.25, -0.2) is 4.79 Å². The average Bonchev–Trinajstić information content (AvgIpc) is 2.43. The third-order valence-electron chi connectivity index (χ3n) is 3.89. The number of carboxylic acid groups (broad SMARTS) is 1. The van der Waals surface area contributed by atoms with Crippen molar-refractivity contribution in [3.8, 4) is 0 Å². The van der Waals surface area contributed by atoms with Gasteiger partial charge in [-0.1, -0.05) is 19.3 Å². The molecule has 0 radical (unpaired) electrons. The Bertz CT molecular complexity index is 377. The zero-order valence-electron chi connectivity index (χ0n) is 12.0. The second-order valence-corrected chi connectivity index (χ2v) is 5.15. The molecular formula is C13H22N2O5. The maximum absolute atomic E-state index is 12.1. The number of hydrogen-bond acceptors (Lipinski definition) is 4. The monoisotopic (exact) mass is 286 g/mol. The number of methoxy groups -OCH3 is 1. The van der Waals surface area contributed by atoms with Crippen molar-refractivity contribution in [1.29, 1.82) is 0 Å². The van der Waals surface area contributed by atoms with Crippen LogP contribution >= 0.6 is 0 Å². The predicted octanol–water partition coefficient (Wildman–Crippen LogP) is 0.978. The molecule has 0 bridgehead atoms. The summed E-state index contributed by atoms with van der Waals surface area (Å²) in [7, 11) is 2.83. The SMILES string of the molecule is COC(=O)CNC(=O)N(C)C1(CC(=O)O)CCCCC1. The van der Waals surface area contributed by atoms with E-state index in [9.17, 15) is 14.4 Å². The predicted molar refractivity (Wildman–Crippen MR) is 71.2 cm³/mol. The van der Waals surface area contributed by atoms with E-state index >= 15 is 0 Å². The number of urea groups is 1. The molecule has 0 spiro atoms. The molecule has 0 aromatic heterocycles. The normalized spacial score (nSPS) is 17.1. The molecule has 1 saturated carbocycles. The van der Waals surface area contributed by atoms with E-state index in [0.717, 1.165) is 19.3 Å². The average molecular weight is 286 g/mol. The molecule has 114 valence electrons. The van der Waals surface area contributed by atoms with E-state index in [0.29, 0.717) is 12.8 Å². The number of carboxylic acids is 1. The van der Waals surface area contributed by atoms with Crippen LogP contribution in [0.1, 0.15) is 38.5 Å². The van der Waals surface area contributed by atoms with Gasteiger partial charge in [0.05, 0.1) is 19.1 Å². The highest BCUT2D eigenvalue weighted by Crippen LogP contribution is 2.35. The lowest BCUT2D eigenvalue weighted by atomic mass is 9.78. The molecule has 0 aliphatic heterocycles. The molecule has 1 aliphatic carbocycles. The van der Waals surface area contributed by atoms with Gasteiger partial charge in [0.15, 0.2) is 0 Å². The van der Waals surface area contributed by atoms with E-state index in [1.807, 2.05) is 0 Å². The summed E-state index contributed by atoms with van der Waals surface area (Å²) in [4.78, 5) is 35.6. The summed E-state index contributed by atoms with van der Waals surface area (Å²) in [6.45, 7) is -0.219. The Kier molecular flexibility index (Phi) is 5.79. The minimum Gasteiger partial charge on any atom is -0.481 e. The molecule has 0 unspecified atom stereocenters. The Hall–Kier alpha value is -1.79. The Morgan fingerprint density at radius 3 is 2.35 bits per heavy atom. The highest BCUT2D eigenvalue weighted by molar-refractivity contribution is 5.81. The number of nitrogens with zero attached hydrogens (tertiary/aromatic N) is 1. The lowest BCUT2D eigenvalue weighted by Gasteiger charge is -2.43. The zero-order valence-corrected chi connectivity index (χ0v) is 12.0. The number of carbonyl (C=O) groups excluding carboxylic acids is 2. The van der Waals surface area contributed by atoms with E-state index in [4.69, 9.17) is 5.11 Å². The summed E-state index contributed by atoms with van der Waals surface area (Å²) in [5.74, 6) is -1.46. The van der Waals surface area contributed by atoms with E-state index in [-0.39, 0.29) is 13.0 Å². The van der Waals surface area contributed by atoms with Crippen molar-refractivity contribution in [3.63, 3.8) is 0 Å². The van der Waals surface area contributed by atoms with E-state index in [1.54, 1.807) is 7.05 Å². The summed E-state index contributed by atoms with van der Waals surface area (Å²) in [6, 6.07) is -0.446. The third kappa shape index (κ3) is 4.11. The second-order valence-electron chi connectivity index (χ2n) is 5.15. The van der Waals surface area contributed by atoms with Crippen LogP contribution in [0.3, 0.4) is 0 Å². The molecule has 1 rings (SSSR count). The van der Waals surface area contributed by atoms with E-state index in [1.165, 1.54) is 12.0 Å². The number of aliphatic carboxylic acids is 1. The minimum atomic E-state index is -0.917. The fraction of sp³-hybridized carbons (Fsp3) is 0.769. The van der Waals surface area contributed by atoms with Crippen LogP contribution in [0.5, 0.6) is 0 Å². The molecule has 2 amide bonds. The number of hydrogen-bond donors (Lipinski definition) is 2. The molecule has 0 aromatic rings. The molecule has 1 fully saturated rings. The van der Waals surface area contributed by atoms with Gasteiger partial charge < -0.3 is 20.1 Å². The van der Waals surface area contributed by atoms with Crippen LogP contribution in [0.2, 0.25) is 0 Å². The molecule has 7 heteroatoms. The van der Waals surface area contributed by atoms with Crippen molar-refractivity contribution in [1.82, 2.24) is 10.2 Å². The van der Waals surface area contributed by atoms with Gasteiger partial charge in [0.1, 0.15) is 6.54 Å². The maximum atomic E-state index is 12.1. The van der Waals surface area contributed by atoms with Crippen LogP contribution in [0, 0.1) is 0 Å². The third-order valence-corrected chi connectivity index (χ3v) is 3.89. The molecular weight excluding hydrogens is 264 g/mol. The molecule has 7 nitrogen and oxygen atoms in total. The lowest BCUT2D eigenvalue weighted by Crippen LogP contribution is -2.55. The van der Waals surface area contributed by atoms with Gasteiger partial charge in [-0.05, 0) is 12.8 Å². The fourth-order valence-corrected chi connectivity index (χ4v) is 2.68. The highest BCUT2D eigenvalue weighted by atomic mass is 16.5. The Morgan fingerprint density at radius 1 is 1.25 bits per heavy atom. The van der Waals surface area contributed by atoms with Gasteiger partial charge in [0.25, 0.3) is 0 Å². The smallest absolute Gasteiger partial charge is 0.325 e. The number of amides is 2. The first kappa shape index (κ1) is 16.3. The van der Waals surface area contributed by atoms with E-state index < -0.39 is 23.5 Å². The van der Waals surface area contributed by atoms with E-state index in [2.05, 4.69) is 10.1 Å². The van der Waals surface area contributed by atoms with Crippen LogP contribution in [-0.2, 0) is 14.3 Å². The topological polar surface area (TPSA) is 95.9 Å². The van der Waals surface area contributed by atoms with Crippen LogP contribution in [0.4, 0.5) is 4.79 Å². The van der Waals surface area contributed by atoms with Crippen LogP contribution in [0.15, 0.2) is 0 Å². The van der Waals surface area contributed by atoms with Gasteiger partial charge in [-0.3, -0.25) is 9.59 Å². The largest absolute Gasteiger partial charge is 0.481 e. The molecule has 0 aromatic carbocycles.